The average Bonchev–Trinajstić information content (AvgIpc) is 3.17. The molecule has 4 aromatic rings. The van der Waals surface area contributed by atoms with Crippen LogP contribution in [0.15, 0.2) is 73.1 Å². The zero-order valence-electron chi connectivity index (χ0n) is 19.5. The van der Waals surface area contributed by atoms with Crippen LogP contribution in [0.5, 0.6) is 0 Å². The molecule has 0 spiro atoms. The van der Waals surface area contributed by atoms with E-state index in [0.29, 0.717) is 0 Å². The van der Waals surface area contributed by atoms with E-state index in [1.165, 1.54) is 22.7 Å². The van der Waals surface area contributed by atoms with Gasteiger partial charge in [0.15, 0.2) is 0 Å². The van der Waals surface area contributed by atoms with E-state index in [2.05, 4.69) is 71.5 Å². The molecule has 5 heteroatoms. The summed E-state index contributed by atoms with van der Waals surface area (Å²) in [5.74, 6) is -0.174. The molecule has 0 aliphatic heterocycles. The first-order valence-corrected chi connectivity index (χ1v) is 11.6. The van der Waals surface area contributed by atoms with Crippen LogP contribution in [0.25, 0.3) is 10.9 Å². The molecule has 4 nitrogen and oxygen atoms in total. The summed E-state index contributed by atoms with van der Waals surface area (Å²) in [5, 5.41) is 5.15. The minimum absolute atomic E-state index is 0.174. The monoisotopic (exact) mass is 442 g/mol. The van der Waals surface area contributed by atoms with Crippen molar-refractivity contribution in [1.82, 2.24) is 14.9 Å². The number of benzene rings is 2. The van der Waals surface area contributed by atoms with Crippen molar-refractivity contribution in [2.75, 3.05) is 19.4 Å². The Hall–Kier alpha value is -3.18. The third-order valence-corrected chi connectivity index (χ3v) is 7.66. The van der Waals surface area contributed by atoms with Crippen LogP contribution < -0.4 is 5.32 Å². The summed E-state index contributed by atoms with van der Waals surface area (Å²) in [6.07, 6.45) is 7.31. The Labute approximate surface area is 194 Å². The summed E-state index contributed by atoms with van der Waals surface area (Å²) in [4.78, 5) is 10.2. The molecule has 170 valence electrons. The van der Waals surface area contributed by atoms with E-state index >= 15 is 0 Å². The number of H-pyrrole nitrogens is 1. The Balaban J connectivity index is 1.59. The van der Waals surface area contributed by atoms with E-state index in [1.807, 2.05) is 30.6 Å². The van der Waals surface area contributed by atoms with Crippen LogP contribution in [0.3, 0.4) is 0 Å². The van der Waals surface area contributed by atoms with Crippen molar-refractivity contribution < 1.29 is 4.39 Å². The molecule has 1 aliphatic rings. The molecular weight excluding hydrogens is 411 g/mol. The van der Waals surface area contributed by atoms with Gasteiger partial charge in [-0.15, -0.1) is 0 Å². The number of hydrogen-bond donors (Lipinski definition) is 2. The van der Waals surface area contributed by atoms with Gasteiger partial charge >= 0.3 is 0 Å². The predicted octanol–water partition coefficient (Wildman–Crippen LogP) is 6.35. The van der Waals surface area contributed by atoms with Crippen molar-refractivity contribution in [1.29, 1.82) is 0 Å². The van der Waals surface area contributed by atoms with Crippen LogP contribution in [0, 0.1) is 12.7 Å². The van der Waals surface area contributed by atoms with Gasteiger partial charge in [0.05, 0.1) is 5.54 Å². The molecule has 2 heterocycles. The molecule has 1 saturated carbocycles. The van der Waals surface area contributed by atoms with Gasteiger partial charge in [-0.25, -0.2) is 4.39 Å². The second-order valence-electron chi connectivity index (χ2n) is 9.55. The fourth-order valence-electron chi connectivity index (χ4n) is 5.77. The summed E-state index contributed by atoms with van der Waals surface area (Å²) < 4.78 is 14.2. The smallest absolute Gasteiger partial charge is 0.123 e. The van der Waals surface area contributed by atoms with Gasteiger partial charge in [0.25, 0.3) is 0 Å². The number of anilines is 1. The normalized spacial score (nSPS) is 23.2. The van der Waals surface area contributed by atoms with Gasteiger partial charge in [0.1, 0.15) is 5.82 Å². The van der Waals surface area contributed by atoms with Gasteiger partial charge < -0.3 is 10.3 Å². The first kappa shape index (κ1) is 21.7. The van der Waals surface area contributed by atoms with Crippen molar-refractivity contribution in [3.63, 3.8) is 0 Å². The molecule has 0 saturated heterocycles. The number of para-hydroxylation sites is 1. The maximum atomic E-state index is 14.2. The Morgan fingerprint density at radius 3 is 2.33 bits per heavy atom. The standard InChI is InChI=1S/C28H31FN4/c1-20-24-9-4-5-10-25(24)31-26(20)27(32-23-11-17-30-18-12-23)13-15-28(16-14-27,33(2)3)21-7-6-8-22(29)19-21/h4-12,17-19,31H,13-16H2,1-3H3,(H,30,32). The van der Waals surface area contributed by atoms with Crippen molar-refractivity contribution in [2.45, 2.75) is 43.7 Å². The summed E-state index contributed by atoms with van der Waals surface area (Å²) in [6, 6.07) is 19.7. The number of halogens is 1. The van der Waals surface area contributed by atoms with Gasteiger partial charge in [-0.3, -0.25) is 9.88 Å². The van der Waals surface area contributed by atoms with Gasteiger partial charge in [-0.05, 0) is 88.2 Å². The molecule has 0 unspecified atom stereocenters. The van der Waals surface area contributed by atoms with Crippen LogP contribution >= 0.6 is 0 Å². The lowest BCUT2D eigenvalue weighted by Crippen LogP contribution is -2.50. The van der Waals surface area contributed by atoms with Crippen LogP contribution in [0.2, 0.25) is 0 Å². The molecule has 2 aromatic carbocycles. The number of aromatic nitrogens is 2. The minimum atomic E-state index is -0.253. The first-order chi connectivity index (χ1) is 15.9. The number of aromatic amines is 1. The topological polar surface area (TPSA) is 44.0 Å². The minimum Gasteiger partial charge on any atom is -0.374 e. The molecule has 2 N–H and O–H groups in total. The van der Waals surface area contributed by atoms with Crippen molar-refractivity contribution in [3.8, 4) is 0 Å². The van der Waals surface area contributed by atoms with Crippen molar-refractivity contribution in [2.24, 2.45) is 0 Å². The molecule has 1 fully saturated rings. The summed E-state index contributed by atoms with van der Waals surface area (Å²) in [5.41, 5.74) is 5.35. The largest absolute Gasteiger partial charge is 0.374 e. The highest BCUT2D eigenvalue weighted by Crippen LogP contribution is 2.50. The van der Waals surface area contributed by atoms with Crippen LogP contribution in [0.4, 0.5) is 10.1 Å². The molecule has 0 radical (unpaired) electrons. The number of rotatable bonds is 5. The maximum Gasteiger partial charge on any atom is 0.123 e. The van der Waals surface area contributed by atoms with Crippen molar-refractivity contribution >= 4 is 16.6 Å². The summed E-state index contributed by atoms with van der Waals surface area (Å²) >= 11 is 0. The number of nitrogens with zero attached hydrogens (tertiary/aromatic N) is 2. The number of aryl methyl sites for hydroxylation is 1. The SMILES string of the molecule is Cc1c(C2(Nc3ccncc3)CCC(c3cccc(F)c3)(N(C)C)CC2)[nH]c2ccccc12. The molecule has 0 atom stereocenters. The number of fused-ring (bicyclic) bond motifs is 1. The summed E-state index contributed by atoms with van der Waals surface area (Å²) in [7, 11) is 4.23. The van der Waals surface area contributed by atoms with Gasteiger partial charge in [-0.1, -0.05) is 30.3 Å². The number of pyridine rings is 1. The van der Waals surface area contributed by atoms with E-state index < -0.39 is 0 Å². The molecule has 2 aromatic heterocycles. The van der Waals surface area contributed by atoms with E-state index in [1.54, 1.807) is 6.07 Å². The Morgan fingerprint density at radius 2 is 1.67 bits per heavy atom. The first-order valence-electron chi connectivity index (χ1n) is 11.6. The molecule has 33 heavy (non-hydrogen) atoms. The average molecular weight is 443 g/mol. The lowest BCUT2D eigenvalue weighted by atomic mass is 9.67. The zero-order chi connectivity index (χ0) is 23.1. The van der Waals surface area contributed by atoms with Crippen LogP contribution in [-0.2, 0) is 11.1 Å². The second-order valence-corrected chi connectivity index (χ2v) is 9.55. The highest BCUT2D eigenvalue weighted by atomic mass is 19.1. The lowest BCUT2D eigenvalue weighted by molar-refractivity contribution is 0.0705. The van der Waals surface area contributed by atoms with Gasteiger partial charge in [0.2, 0.25) is 0 Å². The Kier molecular flexibility index (Phi) is 5.45. The highest BCUT2D eigenvalue weighted by Gasteiger charge is 2.47. The second kappa shape index (κ2) is 8.31. The quantitative estimate of drug-likeness (QED) is 0.379. The maximum absolute atomic E-state index is 14.2. The fraction of sp³-hybridized carbons (Fsp3) is 0.321. The van der Waals surface area contributed by atoms with Gasteiger partial charge in [-0.2, -0.15) is 0 Å². The lowest BCUT2D eigenvalue weighted by Gasteiger charge is -2.50. The van der Waals surface area contributed by atoms with E-state index in [4.69, 9.17) is 0 Å². The van der Waals surface area contributed by atoms with E-state index in [-0.39, 0.29) is 16.9 Å². The third-order valence-electron chi connectivity index (χ3n) is 7.66. The number of hydrogen-bond acceptors (Lipinski definition) is 3. The Bertz CT molecular complexity index is 1250. The third kappa shape index (κ3) is 3.70. The zero-order valence-corrected chi connectivity index (χ0v) is 19.5. The fourth-order valence-corrected chi connectivity index (χ4v) is 5.77. The molecule has 0 bridgehead atoms. The van der Waals surface area contributed by atoms with Crippen molar-refractivity contribution in [3.05, 3.63) is 95.7 Å². The number of nitrogens with one attached hydrogen (secondary N) is 2. The highest BCUT2D eigenvalue weighted by molar-refractivity contribution is 5.85. The molecule has 5 rings (SSSR count). The predicted molar refractivity (Wildman–Crippen MR) is 133 cm³/mol. The van der Waals surface area contributed by atoms with Crippen LogP contribution in [0.1, 0.15) is 42.5 Å². The van der Waals surface area contributed by atoms with Crippen LogP contribution in [-0.4, -0.2) is 29.0 Å². The summed E-state index contributed by atoms with van der Waals surface area (Å²) in [6.45, 7) is 2.21. The van der Waals surface area contributed by atoms with E-state index in [9.17, 15) is 4.39 Å². The molecular formula is C28H31FN4. The van der Waals surface area contributed by atoms with E-state index in [0.717, 1.165) is 42.5 Å². The molecule has 0 amide bonds. The van der Waals surface area contributed by atoms with Gasteiger partial charge in [0, 0.05) is 40.2 Å². The Morgan fingerprint density at radius 1 is 0.939 bits per heavy atom. The molecule has 1 aliphatic carbocycles.